The Hall–Kier alpha value is -1.69. The normalized spacial score (nSPS) is 13.4. The number of allylic oxidation sites excluding steroid dienone is 5. The Morgan fingerprint density at radius 2 is 1.81 bits per heavy atom. The fourth-order valence-electron chi connectivity index (χ4n) is 1.35. The van der Waals surface area contributed by atoms with E-state index in [1.54, 1.807) is 19.9 Å². The van der Waals surface area contributed by atoms with E-state index in [0.717, 1.165) is 11.8 Å². The zero-order valence-electron chi connectivity index (χ0n) is 12.3. The number of hydrogen-bond acceptors (Lipinski definition) is 2. The van der Waals surface area contributed by atoms with Crippen LogP contribution in [0.4, 0.5) is 13.2 Å². The molecular formula is C15H19F3N2S. The van der Waals surface area contributed by atoms with Crippen LogP contribution in [0, 0.1) is 0 Å². The minimum absolute atomic E-state index is 0.399. The molecule has 0 amide bonds. The van der Waals surface area contributed by atoms with Gasteiger partial charge in [0.2, 0.25) is 0 Å². The van der Waals surface area contributed by atoms with Crippen LogP contribution in [0.5, 0.6) is 0 Å². The van der Waals surface area contributed by atoms with Crippen molar-refractivity contribution in [3.8, 4) is 0 Å². The minimum Gasteiger partial charge on any atom is -0.351 e. The Labute approximate surface area is 128 Å². The van der Waals surface area contributed by atoms with Gasteiger partial charge >= 0.3 is 6.18 Å². The van der Waals surface area contributed by atoms with E-state index in [4.69, 9.17) is 12.2 Å². The summed E-state index contributed by atoms with van der Waals surface area (Å²) in [6.45, 7) is 12.0. The first-order valence-corrected chi connectivity index (χ1v) is 6.60. The van der Waals surface area contributed by atoms with Crippen molar-refractivity contribution in [1.82, 2.24) is 5.32 Å². The van der Waals surface area contributed by atoms with Crippen LogP contribution in [-0.2, 0) is 0 Å². The van der Waals surface area contributed by atoms with Crippen molar-refractivity contribution in [1.29, 1.82) is 0 Å². The Bertz CT molecular complexity index is 512. The van der Waals surface area contributed by atoms with Crippen LogP contribution in [0.25, 0.3) is 0 Å². The van der Waals surface area contributed by atoms with Crippen molar-refractivity contribution in [2.24, 2.45) is 4.99 Å². The van der Waals surface area contributed by atoms with Crippen LogP contribution in [-0.4, -0.2) is 17.4 Å². The maximum Gasteiger partial charge on any atom is 0.432 e. The van der Waals surface area contributed by atoms with Crippen LogP contribution in [0.3, 0.4) is 0 Å². The van der Waals surface area contributed by atoms with Crippen molar-refractivity contribution < 1.29 is 13.2 Å². The predicted molar refractivity (Wildman–Crippen MR) is 86.4 cm³/mol. The maximum atomic E-state index is 12.3. The van der Waals surface area contributed by atoms with E-state index in [0.29, 0.717) is 22.7 Å². The molecule has 0 spiro atoms. The van der Waals surface area contributed by atoms with E-state index in [2.05, 4.69) is 23.5 Å². The van der Waals surface area contributed by atoms with Gasteiger partial charge in [-0.1, -0.05) is 37.5 Å². The molecule has 0 bridgehead atoms. The molecule has 21 heavy (non-hydrogen) atoms. The van der Waals surface area contributed by atoms with Gasteiger partial charge in [-0.25, -0.2) is 0 Å². The van der Waals surface area contributed by atoms with E-state index in [1.807, 2.05) is 13.0 Å². The van der Waals surface area contributed by atoms with Gasteiger partial charge in [0.15, 0.2) is 0 Å². The average molecular weight is 316 g/mol. The third-order valence-electron chi connectivity index (χ3n) is 2.54. The van der Waals surface area contributed by atoms with E-state index in [1.165, 1.54) is 0 Å². The molecule has 0 aromatic heterocycles. The highest BCUT2D eigenvalue weighted by Gasteiger charge is 2.31. The number of alkyl halides is 3. The van der Waals surface area contributed by atoms with Crippen LogP contribution in [0.1, 0.15) is 27.2 Å². The second kappa shape index (κ2) is 8.56. The first kappa shape index (κ1) is 19.3. The van der Waals surface area contributed by atoms with Gasteiger partial charge in [0.05, 0.1) is 4.99 Å². The first-order valence-electron chi connectivity index (χ1n) is 6.19. The fraction of sp³-hybridized carbons (Fsp3) is 0.333. The maximum absolute atomic E-state index is 12.3. The summed E-state index contributed by atoms with van der Waals surface area (Å²) >= 11 is 4.93. The molecule has 0 aromatic carbocycles. The van der Waals surface area contributed by atoms with E-state index in [-0.39, 0.29) is 0 Å². The Morgan fingerprint density at radius 1 is 1.24 bits per heavy atom. The molecule has 116 valence electrons. The van der Waals surface area contributed by atoms with Crippen molar-refractivity contribution in [3.63, 3.8) is 0 Å². The number of nitrogens with one attached hydrogen (secondary N) is 1. The zero-order valence-corrected chi connectivity index (χ0v) is 13.2. The lowest BCUT2D eigenvalue weighted by atomic mass is 10.0. The molecule has 0 saturated heterocycles. The molecule has 0 aliphatic heterocycles. The summed E-state index contributed by atoms with van der Waals surface area (Å²) in [5.74, 6) is 0. The van der Waals surface area contributed by atoms with Gasteiger partial charge in [-0.3, -0.25) is 4.99 Å². The molecule has 0 heterocycles. The topological polar surface area (TPSA) is 24.4 Å². The average Bonchev–Trinajstić information content (AvgIpc) is 2.36. The standard InChI is InChI=1S/C15H19F3N2S/c1-6-13(9-19-11(4)15(16,17)18)8-14(7-2)10(3)20-12(5)21/h6-7,9H,3-4,8H2,1-2,5H3,(H,20,21)/b13-6-,14-7-,19-9?. The van der Waals surface area contributed by atoms with E-state index >= 15 is 0 Å². The molecule has 6 heteroatoms. The Balaban J connectivity index is 4.93. The van der Waals surface area contributed by atoms with Gasteiger partial charge in [0.25, 0.3) is 0 Å². The zero-order chi connectivity index (χ0) is 16.6. The Kier molecular flexibility index (Phi) is 7.88. The fourth-order valence-corrected chi connectivity index (χ4v) is 1.48. The van der Waals surface area contributed by atoms with Crippen LogP contribution >= 0.6 is 12.2 Å². The molecule has 0 aromatic rings. The highest BCUT2D eigenvalue weighted by atomic mass is 32.1. The third kappa shape index (κ3) is 7.60. The highest BCUT2D eigenvalue weighted by molar-refractivity contribution is 7.80. The molecule has 1 N–H and O–H groups in total. The van der Waals surface area contributed by atoms with Gasteiger partial charge in [-0.2, -0.15) is 13.2 Å². The number of rotatable bonds is 6. The number of halogens is 3. The van der Waals surface area contributed by atoms with Crippen LogP contribution in [0.15, 0.2) is 52.8 Å². The first-order chi connectivity index (χ1) is 9.61. The monoisotopic (exact) mass is 316 g/mol. The van der Waals surface area contributed by atoms with Crippen molar-refractivity contribution in [2.45, 2.75) is 33.4 Å². The number of hydrogen-bond donors (Lipinski definition) is 1. The highest BCUT2D eigenvalue weighted by Crippen LogP contribution is 2.25. The lowest BCUT2D eigenvalue weighted by Crippen LogP contribution is -2.18. The number of aliphatic imine (C=N–C) groups is 1. The molecule has 0 unspecified atom stereocenters. The lowest BCUT2D eigenvalue weighted by Gasteiger charge is -2.13. The molecule has 0 fully saturated rings. The van der Waals surface area contributed by atoms with E-state index < -0.39 is 11.9 Å². The van der Waals surface area contributed by atoms with Gasteiger partial charge in [-0.15, -0.1) is 0 Å². The second-order valence-corrected chi connectivity index (χ2v) is 4.83. The number of thiocarbonyl (C=S) groups is 1. The molecule has 2 nitrogen and oxygen atoms in total. The smallest absolute Gasteiger partial charge is 0.351 e. The molecule has 0 aliphatic carbocycles. The van der Waals surface area contributed by atoms with Gasteiger partial charge < -0.3 is 5.32 Å². The summed E-state index contributed by atoms with van der Waals surface area (Å²) in [6.07, 6.45) is 0.559. The quantitative estimate of drug-likeness (QED) is 0.429. The van der Waals surface area contributed by atoms with Gasteiger partial charge in [0.1, 0.15) is 5.70 Å². The predicted octanol–water partition coefficient (Wildman–Crippen LogP) is 4.87. The van der Waals surface area contributed by atoms with Crippen molar-refractivity contribution >= 4 is 23.4 Å². The molecule has 0 atom stereocenters. The van der Waals surface area contributed by atoms with Crippen LogP contribution < -0.4 is 5.32 Å². The van der Waals surface area contributed by atoms with E-state index in [9.17, 15) is 13.2 Å². The van der Waals surface area contributed by atoms with Crippen molar-refractivity contribution in [3.05, 3.63) is 47.9 Å². The molecule has 0 saturated carbocycles. The van der Waals surface area contributed by atoms with Crippen molar-refractivity contribution in [2.75, 3.05) is 0 Å². The molecule has 0 rings (SSSR count). The van der Waals surface area contributed by atoms with Gasteiger partial charge in [0, 0.05) is 18.3 Å². The SMILES string of the molecule is C=C(NC(C)=S)/C(=C\C)C/C(C=NC(=C)C(F)(F)F)=C/C. The summed E-state index contributed by atoms with van der Waals surface area (Å²) in [7, 11) is 0. The molecular weight excluding hydrogens is 297 g/mol. The summed E-state index contributed by atoms with van der Waals surface area (Å²) < 4.78 is 37.0. The van der Waals surface area contributed by atoms with Gasteiger partial charge in [-0.05, 0) is 31.9 Å². The summed E-state index contributed by atoms with van der Waals surface area (Å²) in [4.78, 5) is 3.93. The summed E-state index contributed by atoms with van der Waals surface area (Å²) in [6, 6.07) is 0. The number of nitrogens with zero attached hydrogens (tertiary/aromatic N) is 1. The molecule has 0 aliphatic rings. The van der Waals surface area contributed by atoms with Crippen LogP contribution in [0.2, 0.25) is 0 Å². The molecule has 0 radical (unpaired) electrons. The lowest BCUT2D eigenvalue weighted by molar-refractivity contribution is -0.0918. The summed E-state index contributed by atoms with van der Waals surface area (Å²) in [5, 5.41) is 2.91. The summed E-state index contributed by atoms with van der Waals surface area (Å²) in [5.41, 5.74) is 0.942. The largest absolute Gasteiger partial charge is 0.432 e. The Morgan fingerprint density at radius 3 is 2.19 bits per heavy atom. The minimum atomic E-state index is -4.52. The second-order valence-electron chi connectivity index (χ2n) is 4.22. The third-order valence-corrected chi connectivity index (χ3v) is 2.64.